The molecule has 4 heteroatoms. The molecule has 0 saturated carbocycles. The Morgan fingerprint density at radius 1 is 1.29 bits per heavy atom. The van der Waals surface area contributed by atoms with Gasteiger partial charge < -0.3 is 14.8 Å². The molecule has 0 aromatic carbocycles. The lowest BCUT2D eigenvalue weighted by atomic mass is 10.0. The first kappa shape index (κ1) is 13.3. The summed E-state index contributed by atoms with van der Waals surface area (Å²) < 4.78 is 11.3. The van der Waals surface area contributed by atoms with Crippen LogP contribution < -0.4 is 5.32 Å². The second-order valence-corrected chi connectivity index (χ2v) is 5.20. The molecular weight excluding hydrogens is 216 g/mol. The average molecular weight is 242 g/mol. The van der Waals surface area contributed by atoms with Gasteiger partial charge in [0.2, 0.25) is 0 Å². The van der Waals surface area contributed by atoms with Crippen LogP contribution in [0.5, 0.6) is 0 Å². The van der Waals surface area contributed by atoms with E-state index >= 15 is 0 Å². The van der Waals surface area contributed by atoms with E-state index < -0.39 is 0 Å². The summed E-state index contributed by atoms with van der Waals surface area (Å²) in [7, 11) is 0. The lowest BCUT2D eigenvalue weighted by Gasteiger charge is -2.34. The first-order valence-corrected chi connectivity index (χ1v) is 6.97. The normalized spacial score (nSPS) is 36.0. The zero-order chi connectivity index (χ0) is 12.1. The predicted molar refractivity (Wildman–Crippen MR) is 68.3 cm³/mol. The standard InChI is InChI=1S/C13H26N2O2/c1-3-15-5-7-17-13(10-15)9-14-12-4-6-16-11(2)8-12/h11-14H,3-10H2,1-2H3. The molecule has 2 saturated heterocycles. The van der Waals surface area contributed by atoms with Crippen molar-refractivity contribution in [2.45, 2.75) is 44.9 Å². The van der Waals surface area contributed by atoms with E-state index in [1.165, 1.54) is 0 Å². The molecule has 3 unspecified atom stereocenters. The second kappa shape index (κ2) is 6.69. The Balaban J connectivity index is 1.66. The van der Waals surface area contributed by atoms with Crippen LogP contribution in [-0.4, -0.2) is 62.5 Å². The maximum Gasteiger partial charge on any atom is 0.0826 e. The van der Waals surface area contributed by atoms with E-state index in [1.807, 2.05) is 0 Å². The van der Waals surface area contributed by atoms with Crippen molar-refractivity contribution in [3.05, 3.63) is 0 Å². The van der Waals surface area contributed by atoms with Crippen LogP contribution in [0.25, 0.3) is 0 Å². The highest BCUT2D eigenvalue weighted by molar-refractivity contribution is 4.78. The van der Waals surface area contributed by atoms with Gasteiger partial charge in [-0.2, -0.15) is 0 Å². The fourth-order valence-corrected chi connectivity index (χ4v) is 2.67. The molecule has 0 amide bonds. The van der Waals surface area contributed by atoms with Crippen molar-refractivity contribution in [1.82, 2.24) is 10.2 Å². The van der Waals surface area contributed by atoms with Gasteiger partial charge in [0.15, 0.2) is 0 Å². The van der Waals surface area contributed by atoms with Crippen molar-refractivity contribution < 1.29 is 9.47 Å². The summed E-state index contributed by atoms with van der Waals surface area (Å²) in [6, 6.07) is 0.611. The van der Waals surface area contributed by atoms with E-state index in [2.05, 4.69) is 24.1 Å². The van der Waals surface area contributed by atoms with Gasteiger partial charge in [-0.1, -0.05) is 6.92 Å². The molecule has 4 nitrogen and oxygen atoms in total. The highest BCUT2D eigenvalue weighted by atomic mass is 16.5. The average Bonchev–Trinajstić information content (AvgIpc) is 2.37. The number of hydrogen-bond acceptors (Lipinski definition) is 4. The molecule has 2 fully saturated rings. The molecule has 2 rings (SSSR count). The Bertz CT molecular complexity index is 225. The zero-order valence-corrected chi connectivity index (χ0v) is 11.2. The quantitative estimate of drug-likeness (QED) is 0.793. The van der Waals surface area contributed by atoms with Gasteiger partial charge in [0, 0.05) is 32.3 Å². The smallest absolute Gasteiger partial charge is 0.0826 e. The van der Waals surface area contributed by atoms with Crippen LogP contribution in [0.3, 0.4) is 0 Å². The van der Waals surface area contributed by atoms with E-state index in [9.17, 15) is 0 Å². The molecule has 17 heavy (non-hydrogen) atoms. The molecule has 0 bridgehead atoms. The largest absolute Gasteiger partial charge is 0.378 e. The molecule has 0 aromatic rings. The fourth-order valence-electron chi connectivity index (χ4n) is 2.67. The lowest BCUT2D eigenvalue weighted by molar-refractivity contribution is -0.0318. The predicted octanol–water partition coefficient (Wildman–Crippen LogP) is 0.864. The number of nitrogens with one attached hydrogen (secondary N) is 1. The van der Waals surface area contributed by atoms with Crippen LogP contribution in [-0.2, 0) is 9.47 Å². The summed E-state index contributed by atoms with van der Waals surface area (Å²) in [5.74, 6) is 0. The Morgan fingerprint density at radius 3 is 2.94 bits per heavy atom. The third-order valence-electron chi connectivity index (χ3n) is 3.79. The van der Waals surface area contributed by atoms with E-state index in [4.69, 9.17) is 9.47 Å². The highest BCUT2D eigenvalue weighted by Gasteiger charge is 2.22. The van der Waals surface area contributed by atoms with Gasteiger partial charge in [-0.15, -0.1) is 0 Å². The molecular formula is C13H26N2O2. The van der Waals surface area contributed by atoms with Gasteiger partial charge in [0.25, 0.3) is 0 Å². The SMILES string of the molecule is CCN1CCOC(CNC2CCOC(C)C2)C1. The van der Waals surface area contributed by atoms with Crippen LogP contribution >= 0.6 is 0 Å². The summed E-state index contributed by atoms with van der Waals surface area (Å²) >= 11 is 0. The topological polar surface area (TPSA) is 33.7 Å². The van der Waals surface area contributed by atoms with Gasteiger partial charge in [0.05, 0.1) is 18.8 Å². The summed E-state index contributed by atoms with van der Waals surface area (Å²) in [6.45, 7) is 10.4. The van der Waals surface area contributed by atoms with Crippen LogP contribution in [0.1, 0.15) is 26.7 Å². The van der Waals surface area contributed by atoms with E-state index in [1.54, 1.807) is 0 Å². The van der Waals surface area contributed by atoms with Gasteiger partial charge in [0.1, 0.15) is 0 Å². The third kappa shape index (κ3) is 4.21. The first-order valence-electron chi connectivity index (χ1n) is 6.97. The first-order chi connectivity index (χ1) is 8.28. The number of morpholine rings is 1. The van der Waals surface area contributed by atoms with Gasteiger partial charge in [-0.05, 0) is 26.3 Å². The maximum atomic E-state index is 5.79. The second-order valence-electron chi connectivity index (χ2n) is 5.20. The molecule has 0 radical (unpaired) electrons. The Kier molecular flexibility index (Phi) is 5.22. The van der Waals surface area contributed by atoms with Gasteiger partial charge in [-0.25, -0.2) is 0 Å². The Hall–Kier alpha value is -0.160. The molecule has 2 aliphatic rings. The van der Waals surface area contributed by atoms with Gasteiger partial charge >= 0.3 is 0 Å². The maximum absolute atomic E-state index is 5.79. The Morgan fingerprint density at radius 2 is 2.18 bits per heavy atom. The lowest BCUT2D eigenvalue weighted by Crippen LogP contribution is -2.49. The monoisotopic (exact) mass is 242 g/mol. The van der Waals surface area contributed by atoms with Crippen molar-refractivity contribution in [1.29, 1.82) is 0 Å². The summed E-state index contributed by atoms with van der Waals surface area (Å²) in [4.78, 5) is 2.46. The van der Waals surface area contributed by atoms with Crippen LogP contribution in [0.4, 0.5) is 0 Å². The Labute approximate surface area is 105 Å². The highest BCUT2D eigenvalue weighted by Crippen LogP contribution is 2.13. The van der Waals surface area contributed by atoms with E-state index in [0.717, 1.165) is 52.2 Å². The van der Waals surface area contributed by atoms with E-state index in [-0.39, 0.29) is 0 Å². The third-order valence-corrected chi connectivity index (χ3v) is 3.79. The summed E-state index contributed by atoms with van der Waals surface area (Å²) in [5, 5.41) is 3.63. The molecule has 1 N–H and O–H groups in total. The molecule has 2 aliphatic heterocycles. The number of rotatable bonds is 4. The van der Waals surface area contributed by atoms with Crippen LogP contribution in [0.2, 0.25) is 0 Å². The van der Waals surface area contributed by atoms with Crippen molar-refractivity contribution in [3.8, 4) is 0 Å². The summed E-state index contributed by atoms with van der Waals surface area (Å²) in [5.41, 5.74) is 0. The number of nitrogens with zero attached hydrogens (tertiary/aromatic N) is 1. The molecule has 0 aliphatic carbocycles. The van der Waals surface area contributed by atoms with E-state index in [0.29, 0.717) is 18.2 Å². The van der Waals surface area contributed by atoms with Crippen LogP contribution in [0.15, 0.2) is 0 Å². The molecule has 2 heterocycles. The minimum Gasteiger partial charge on any atom is -0.378 e. The zero-order valence-electron chi connectivity index (χ0n) is 11.2. The van der Waals surface area contributed by atoms with Crippen molar-refractivity contribution >= 4 is 0 Å². The van der Waals surface area contributed by atoms with Gasteiger partial charge in [-0.3, -0.25) is 4.90 Å². The minimum atomic E-state index is 0.363. The van der Waals surface area contributed by atoms with Crippen molar-refractivity contribution in [3.63, 3.8) is 0 Å². The number of likely N-dealkylation sites (N-methyl/N-ethyl adjacent to an activating group) is 1. The molecule has 100 valence electrons. The molecule has 3 atom stereocenters. The number of hydrogen-bond donors (Lipinski definition) is 1. The molecule has 0 aromatic heterocycles. The van der Waals surface area contributed by atoms with Crippen molar-refractivity contribution in [2.75, 3.05) is 39.4 Å². The van der Waals surface area contributed by atoms with Crippen LogP contribution in [0, 0.1) is 0 Å². The van der Waals surface area contributed by atoms with Crippen molar-refractivity contribution in [2.24, 2.45) is 0 Å². The molecule has 0 spiro atoms. The fraction of sp³-hybridized carbons (Fsp3) is 1.00. The minimum absolute atomic E-state index is 0.363. The summed E-state index contributed by atoms with van der Waals surface area (Å²) in [6.07, 6.45) is 3.03. The number of ether oxygens (including phenoxy) is 2.